The summed E-state index contributed by atoms with van der Waals surface area (Å²) in [6.07, 6.45) is 2.80. The second-order valence-corrected chi connectivity index (χ2v) is 5.28. The molecule has 0 bridgehead atoms. The Hall–Kier alpha value is -1.47. The number of hydrogen-bond acceptors (Lipinski definition) is 5. The van der Waals surface area contributed by atoms with Crippen LogP contribution in [0.4, 0.5) is 0 Å². The van der Waals surface area contributed by atoms with Crippen LogP contribution < -0.4 is 0 Å². The lowest BCUT2D eigenvalue weighted by molar-refractivity contribution is -0.348. The third-order valence-corrected chi connectivity index (χ3v) is 3.47. The van der Waals surface area contributed by atoms with Crippen LogP contribution in [0, 0.1) is 10.1 Å². The van der Waals surface area contributed by atoms with Crippen molar-refractivity contribution in [2.75, 3.05) is 7.05 Å². The molecular weight excluding hydrogens is 247 g/mol. The highest BCUT2D eigenvalue weighted by molar-refractivity contribution is 6.56. The summed E-state index contributed by atoms with van der Waals surface area (Å²) in [4.78, 5) is 13.8. The maximum atomic E-state index is 10.8. The number of allylic oxidation sites excluding steroid dienone is 2. The maximum absolute atomic E-state index is 10.8. The van der Waals surface area contributed by atoms with E-state index in [-0.39, 0.29) is 5.84 Å². The van der Waals surface area contributed by atoms with E-state index in [1.54, 1.807) is 0 Å². The smallest absolute Gasteiger partial charge is 0.399 e. The summed E-state index contributed by atoms with van der Waals surface area (Å²) in [6.45, 7) is 11.3. The number of hydrogen-bond donors (Lipinski definition) is 0. The molecule has 0 aromatic carbocycles. The van der Waals surface area contributed by atoms with E-state index < -0.39 is 23.2 Å². The predicted molar refractivity (Wildman–Crippen MR) is 74.7 cm³/mol. The van der Waals surface area contributed by atoms with Crippen molar-refractivity contribution in [2.24, 2.45) is 4.99 Å². The van der Waals surface area contributed by atoms with Gasteiger partial charge in [-0.05, 0) is 38.1 Å². The Morgan fingerprint density at radius 1 is 1.32 bits per heavy atom. The maximum Gasteiger partial charge on any atom is 0.495 e. The Kier molecular flexibility index (Phi) is 4.32. The van der Waals surface area contributed by atoms with Gasteiger partial charge in [-0.3, -0.25) is 0 Å². The van der Waals surface area contributed by atoms with Gasteiger partial charge in [0.2, 0.25) is 0 Å². The minimum atomic E-state index is -0.681. The van der Waals surface area contributed by atoms with Crippen LogP contribution in [0.3, 0.4) is 0 Å². The summed E-state index contributed by atoms with van der Waals surface area (Å²) in [5, 5.41) is 10.8. The van der Waals surface area contributed by atoms with Gasteiger partial charge in [-0.1, -0.05) is 17.6 Å². The summed E-state index contributed by atoms with van der Waals surface area (Å²) < 4.78 is 11.6. The van der Waals surface area contributed by atoms with Gasteiger partial charge in [-0.25, -0.2) is 0 Å². The molecule has 1 aliphatic heterocycles. The molecule has 1 rings (SSSR count). The molecule has 7 heteroatoms. The van der Waals surface area contributed by atoms with Crippen LogP contribution in [-0.4, -0.2) is 36.1 Å². The highest BCUT2D eigenvalue weighted by Crippen LogP contribution is 2.38. The zero-order valence-electron chi connectivity index (χ0n) is 12.0. The van der Waals surface area contributed by atoms with Crippen molar-refractivity contribution in [3.63, 3.8) is 0 Å². The van der Waals surface area contributed by atoms with Crippen molar-refractivity contribution >= 4 is 13.0 Å². The van der Waals surface area contributed by atoms with Gasteiger partial charge in [0.1, 0.15) is 7.05 Å². The molecule has 0 amide bonds. The molecule has 0 saturated carbocycles. The van der Waals surface area contributed by atoms with E-state index in [1.165, 1.54) is 19.2 Å². The van der Waals surface area contributed by atoms with Gasteiger partial charge in [-0.2, -0.15) is 0 Å². The van der Waals surface area contributed by atoms with Crippen LogP contribution in [0.15, 0.2) is 29.2 Å². The lowest BCUT2D eigenvalue weighted by Crippen LogP contribution is -2.41. The second-order valence-electron chi connectivity index (χ2n) is 5.28. The normalized spacial score (nSPS) is 22.5. The molecule has 0 radical (unpaired) electrons. The fraction of sp³-hybridized carbons (Fsp3) is 0.583. The summed E-state index contributed by atoms with van der Waals surface area (Å²) >= 11 is 0. The second kappa shape index (κ2) is 5.26. The van der Waals surface area contributed by atoms with Crippen LogP contribution in [0.25, 0.3) is 0 Å². The van der Waals surface area contributed by atoms with Crippen molar-refractivity contribution in [2.45, 2.75) is 38.9 Å². The van der Waals surface area contributed by atoms with E-state index in [0.717, 1.165) is 0 Å². The van der Waals surface area contributed by atoms with Crippen LogP contribution in [-0.2, 0) is 9.31 Å². The Balaban J connectivity index is 3.05. The van der Waals surface area contributed by atoms with Gasteiger partial charge >= 0.3 is 13.0 Å². The third-order valence-electron chi connectivity index (χ3n) is 3.47. The Bertz CT molecular complexity index is 439. The zero-order chi connectivity index (χ0) is 14.8. The summed E-state index contributed by atoms with van der Waals surface area (Å²) in [5.41, 5.74) is -0.522. The van der Waals surface area contributed by atoms with E-state index in [4.69, 9.17) is 9.31 Å². The molecular formula is C12H19BN2O4. The highest BCUT2D eigenvalue weighted by Gasteiger charge is 2.52. The van der Waals surface area contributed by atoms with E-state index in [2.05, 4.69) is 11.6 Å². The van der Waals surface area contributed by atoms with Crippen molar-refractivity contribution in [3.05, 3.63) is 34.3 Å². The standard InChI is InChI=1S/C12H19BN2O4/c1-7-9(8-10(14-6)15(16)17)13-18-11(2,3)12(4,5)19-13/h7-8H,1H2,2-6H3/b9-8+,14-10?. The average Bonchev–Trinajstić information content (AvgIpc) is 2.49. The Labute approximate surface area is 113 Å². The number of rotatable bonds is 3. The van der Waals surface area contributed by atoms with Gasteiger partial charge in [-0.15, -0.1) is 0 Å². The van der Waals surface area contributed by atoms with E-state index in [1.807, 2.05) is 27.7 Å². The van der Waals surface area contributed by atoms with Crippen LogP contribution in [0.2, 0.25) is 0 Å². The van der Waals surface area contributed by atoms with Crippen molar-refractivity contribution in [1.29, 1.82) is 0 Å². The molecule has 19 heavy (non-hydrogen) atoms. The molecule has 1 aliphatic rings. The monoisotopic (exact) mass is 266 g/mol. The molecule has 0 unspecified atom stereocenters. The third kappa shape index (κ3) is 3.11. The van der Waals surface area contributed by atoms with E-state index >= 15 is 0 Å². The zero-order valence-corrected chi connectivity index (χ0v) is 12.0. The molecule has 6 nitrogen and oxygen atoms in total. The lowest BCUT2D eigenvalue weighted by atomic mass is 9.78. The van der Waals surface area contributed by atoms with Crippen molar-refractivity contribution in [1.82, 2.24) is 0 Å². The molecule has 1 fully saturated rings. The van der Waals surface area contributed by atoms with Gasteiger partial charge in [0, 0.05) is 6.08 Å². The largest absolute Gasteiger partial charge is 0.495 e. The summed E-state index contributed by atoms with van der Waals surface area (Å²) in [6, 6.07) is 0. The fourth-order valence-corrected chi connectivity index (χ4v) is 1.55. The van der Waals surface area contributed by atoms with Crippen LogP contribution >= 0.6 is 0 Å². The summed E-state index contributed by atoms with van der Waals surface area (Å²) in [7, 11) is 0.679. The molecule has 1 heterocycles. The molecule has 0 N–H and O–H groups in total. The summed E-state index contributed by atoms with van der Waals surface area (Å²) in [5.74, 6) is -0.260. The van der Waals surface area contributed by atoms with Gasteiger partial charge in [0.05, 0.1) is 11.2 Å². The molecule has 0 aliphatic carbocycles. The molecule has 0 aromatic heterocycles. The first-order chi connectivity index (χ1) is 8.64. The van der Waals surface area contributed by atoms with E-state index in [0.29, 0.717) is 5.47 Å². The molecule has 1 saturated heterocycles. The minimum absolute atomic E-state index is 0.260. The minimum Gasteiger partial charge on any atom is -0.399 e. The van der Waals surface area contributed by atoms with Gasteiger partial charge in [0.15, 0.2) is 0 Å². The number of amidine groups is 1. The fourth-order valence-electron chi connectivity index (χ4n) is 1.55. The predicted octanol–water partition coefficient (Wildman–Crippen LogP) is 2.04. The van der Waals surface area contributed by atoms with E-state index in [9.17, 15) is 10.1 Å². The van der Waals surface area contributed by atoms with Gasteiger partial charge in [0.25, 0.3) is 0 Å². The van der Waals surface area contributed by atoms with Crippen molar-refractivity contribution < 1.29 is 14.2 Å². The van der Waals surface area contributed by atoms with Crippen LogP contribution in [0.5, 0.6) is 0 Å². The molecule has 104 valence electrons. The quantitative estimate of drug-likeness (QED) is 0.196. The SMILES string of the molecule is C=C/C(=C\C(=NC)[N+](=O)[O-])B1OC(C)(C)C(C)(C)O1. The number of nitrogens with zero attached hydrogens (tertiary/aromatic N) is 2. The highest BCUT2D eigenvalue weighted by atomic mass is 16.7. The molecule has 0 aromatic rings. The lowest BCUT2D eigenvalue weighted by Gasteiger charge is -2.32. The first-order valence-corrected chi connectivity index (χ1v) is 5.95. The number of aliphatic imine (C=N–C) groups is 1. The molecule has 0 atom stereocenters. The van der Waals surface area contributed by atoms with Crippen molar-refractivity contribution in [3.8, 4) is 0 Å². The Morgan fingerprint density at radius 3 is 2.11 bits per heavy atom. The first kappa shape index (κ1) is 15.6. The topological polar surface area (TPSA) is 74.0 Å². The van der Waals surface area contributed by atoms with Gasteiger partial charge < -0.3 is 19.4 Å². The average molecular weight is 266 g/mol. The first-order valence-electron chi connectivity index (χ1n) is 5.95. The Morgan fingerprint density at radius 2 is 1.79 bits per heavy atom. The number of nitro groups is 1. The van der Waals surface area contributed by atoms with Crippen LogP contribution in [0.1, 0.15) is 27.7 Å². The molecule has 0 spiro atoms.